The molecule has 2 N–H and O–H groups in total. The highest BCUT2D eigenvalue weighted by Gasteiger charge is 2.30. The van der Waals surface area contributed by atoms with Crippen LogP contribution in [0.15, 0.2) is 0 Å². The van der Waals surface area contributed by atoms with Crippen LogP contribution >= 0.6 is 0 Å². The quantitative estimate of drug-likeness (QED) is 0.655. The zero-order valence-electron chi connectivity index (χ0n) is 10.3. The average molecular weight is 241 g/mol. The summed E-state index contributed by atoms with van der Waals surface area (Å²) >= 11 is 0. The van der Waals surface area contributed by atoms with Crippen molar-refractivity contribution >= 4 is 17.7 Å². The lowest BCUT2D eigenvalue weighted by Gasteiger charge is -2.19. The number of carbonyl (C=O) groups is 3. The van der Waals surface area contributed by atoms with Gasteiger partial charge in [-0.1, -0.05) is 6.92 Å². The second-order valence-electron chi connectivity index (χ2n) is 4.25. The third kappa shape index (κ3) is 4.05. The molecule has 1 saturated heterocycles. The van der Waals surface area contributed by atoms with Gasteiger partial charge in [0.05, 0.1) is 12.5 Å². The molecule has 3 amide bonds. The molecule has 1 heterocycles. The van der Waals surface area contributed by atoms with Crippen molar-refractivity contribution in [3.8, 4) is 0 Å². The van der Waals surface area contributed by atoms with Gasteiger partial charge in [0.1, 0.15) is 0 Å². The minimum absolute atomic E-state index is 0.0452. The number of hydrogen-bond acceptors (Lipinski definition) is 3. The first kappa shape index (κ1) is 13.5. The Bertz CT molecular complexity index is 317. The maximum atomic E-state index is 11.9. The summed E-state index contributed by atoms with van der Waals surface area (Å²) in [7, 11) is 1.58. The highest BCUT2D eigenvalue weighted by Crippen LogP contribution is 2.11. The summed E-state index contributed by atoms with van der Waals surface area (Å²) in [6, 6.07) is 0. The Morgan fingerprint density at radius 2 is 2.24 bits per heavy atom. The highest BCUT2D eigenvalue weighted by molar-refractivity contribution is 5.91. The SMILES string of the molecule is CCCNC(=O)CN(C)C(=O)C1CNC(=O)C1. The second-order valence-corrected chi connectivity index (χ2v) is 4.25. The smallest absolute Gasteiger partial charge is 0.239 e. The van der Waals surface area contributed by atoms with Crippen LogP contribution in [-0.4, -0.2) is 49.3 Å². The minimum Gasteiger partial charge on any atom is -0.355 e. The van der Waals surface area contributed by atoms with Crippen molar-refractivity contribution in [1.82, 2.24) is 15.5 Å². The Labute approximate surface area is 101 Å². The summed E-state index contributed by atoms with van der Waals surface area (Å²) in [5, 5.41) is 5.31. The largest absolute Gasteiger partial charge is 0.355 e. The highest BCUT2D eigenvalue weighted by atomic mass is 16.2. The van der Waals surface area contributed by atoms with Crippen LogP contribution < -0.4 is 10.6 Å². The van der Waals surface area contributed by atoms with Gasteiger partial charge in [-0.2, -0.15) is 0 Å². The summed E-state index contributed by atoms with van der Waals surface area (Å²) in [6.45, 7) is 3.00. The van der Waals surface area contributed by atoms with Gasteiger partial charge in [0.2, 0.25) is 17.7 Å². The Balaban J connectivity index is 2.36. The Morgan fingerprint density at radius 1 is 1.53 bits per heavy atom. The van der Waals surface area contributed by atoms with Crippen molar-refractivity contribution in [3.05, 3.63) is 0 Å². The fraction of sp³-hybridized carbons (Fsp3) is 0.727. The van der Waals surface area contributed by atoms with Crippen LogP contribution in [0.3, 0.4) is 0 Å². The monoisotopic (exact) mass is 241 g/mol. The van der Waals surface area contributed by atoms with Gasteiger partial charge in [-0.05, 0) is 6.42 Å². The van der Waals surface area contributed by atoms with Crippen molar-refractivity contribution in [2.24, 2.45) is 5.92 Å². The van der Waals surface area contributed by atoms with E-state index in [1.807, 2.05) is 6.92 Å². The minimum atomic E-state index is -0.327. The number of amides is 3. The molecule has 1 atom stereocenters. The second kappa shape index (κ2) is 6.22. The Hall–Kier alpha value is -1.59. The number of hydrogen-bond donors (Lipinski definition) is 2. The van der Waals surface area contributed by atoms with E-state index in [0.717, 1.165) is 6.42 Å². The van der Waals surface area contributed by atoms with Crippen LogP contribution in [0.2, 0.25) is 0 Å². The third-order valence-electron chi connectivity index (χ3n) is 2.66. The predicted octanol–water partition coefficient (Wildman–Crippen LogP) is -0.893. The molecule has 0 saturated carbocycles. The molecule has 6 nitrogen and oxygen atoms in total. The lowest BCUT2D eigenvalue weighted by Crippen LogP contribution is -2.41. The van der Waals surface area contributed by atoms with Crippen molar-refractivity contribution < 1.29 is 14.4 Å². The molecule has 1 aliphatic rings. The number of nitrogens with zero attached hydrogens (tertiary/aromatic N) is 1. The van der Waals surface area contributed by atoms with E-state index in [0.29, 0.717) is 13.1 Å². The van der Waals surface area contributed by atoms with Crippen LogP contribution in [-0.2, 0) is 14.4 Å². The van der Waals surface area contributed by atoms with Crippen LogP contribution in [0.5, 0.6) is 0 Å². The number of likely N-dealkylation sites (N-methyl/N-ethyl adjacent to an activating group) is 1. The molecule has 0 bridgehead atoms. The van der Waals surface area contributed by atoms with Crippen LogP contribution in [0.4, 0.5) is 0 Å². The zero-order chi connectivity index (χ0) is 12.8. The summed E-state index contributed by atoms with van der Waals surface area (Å²) in [5.74, 6) is -0.756. The summed E-state index contributed by atoms with van der Waals surface area (Å²) in [4.78, 5) is 35.6. The number of nitrogens with one attached hydrogen (secondary N) is 2. The standard InChI is InChI=1S/C11H19N3O3/c1-3-4-12-10(16)7-14(2)11(17)8-5-9(15)13-6-8/h8H,3-7H2,1-2H3,(H,12,16)(H,13,15). The lowest BCUT2D eigenvalue weighted by atomic mass is 10.1. The molecule has 96 valence electrons. The van der Waals surface area contributed by atoms with Crippen molar-refractivity contribution in [1.29, 1.82) is 0 Å². The van der Waals surface area contributed by atoms with E-state index in [-0.39, 0.29) is 36.6 Å². The van der Waals surface area contributed by atoms with Crippen molar-refractivity contribution in [2.75, 3.05) is 26.7 Å². The molecule has 0 aliphatic carbocycles. The van der Waals surface area contributed by atoms with E-state index in [9.17, 15) is 14.4 Å². The molecule has 1 fully saturated rings. The fourth-order valence-corrected chi connectivity index (χ4v) is 1.71. The zero-order valence-corrected chi connectivity index (χ0v) is 10.3. The van der Waals surface area contributed by atoms with Gasteiger partial charge in [0.25, 0.3) is 0 Å². The molecular weight excluding hydrogens is 222 g/mol. The van der Waals surface area contributed by atoms with Gasteiger partial charge in [-0.3, -0.25) is 14.4 Å². The molecule has 0 spiro atoms. The van der Waals surface area contributed by atoms with E-state index in [4.69, 9.17) is 0 Å². The lowest BCUT2D eigenvalue weighted by molar-refractivity contribution is -0.138. The van der Waals surface area contributed by atoms with E-state index in [1.54, 1.807) is 7.05 Å². The van der Waals surface area contributed by atoms with Crippen LogP contribution in [0, 0.1) is 5.92 Å². The van der Waals surface area contributed by atoms with E-state index in [2.05, 4.69) is 10.6 Å². The molecule has 0 aromatic rings. The van der Waals surface area contributed by atoms with Gasteiger partial charge in [-0.25, -0.2) is 0 Å². The Kier molecular flexibility index (Phi) is 4.93. The van der Waals surface area contributed by atoms with Gasteiger partial charge in [-0.15, -0.1) is 0 Å². The predicted molar refractivity (Wildman–Crippen MR) is 62.1 cm³/mol. The first-order chi connectivity index (χ1) is 8.04. The summed E-state index contributed by atoms with van der Waals surface area (Å²) in [6.07, 6.45) is 1.09. The molecule has 1 rings (SSSR count). The van der Waals surface area contributed by atoms with E-state index >= 15 is 0 Å². The summed E-state index contributed by atoms with van der Waals surface area (Å²) < 4.78 is 0. The van der Waals surface area contributed by atoms with Crippen LogP contribution in [0.1, 0.15) is 19.8 Å². The Morgan fingerprint density at radius 3 is 2.76 bits per heavy atom. The maximum Gasteiger partial charge on any atom is 0.239 e. The summed E-state index contributed by atoms with van der Waals surface area (Å²) in [5.41, 5.74) is 0. The number of rotatable bonds is 5. The molecule has 0 aromatic carbocycles. The molecular formula is C11H19N3O3. The molecule has 0 aromatic heterocycles. The van der Waals surface area contributed by atoms with Gasteiger partial charge in [0, 0.05) is 26.6 Å². The first-order valence-electron chi connectivity index (χ1n) is 5.83. The maximum absolute atomic E-state index is 11.9. The van der Waals surface area contributed by atoms with E-state index < -0.39 is 0 Å². The molecule has 17 heavy (non-hydrogen) atoms. The third-order valence-corrected chi connectivity index (χ3v) is 2.66. The average Bonchev–Trinajstić information content (AvgIpc) is 2.72. The topological polar surface area (TPSA) is 78.5 Å². The normalized spacial score (nSPS) is 18.7. The fourth-order valence-electron chi connectivity index (χ4n) is 1.71. The molecule has 6 heteroatoms. The van der Waals surface area contributed by atoms with Gasteiger partial charge < -0.3 is 15.5 Å². The molecule has 1 unspecified atom stereocenters. The van der Waals surface area contributed by atoms with Gasteiger partial charge >= 0.3 is 0 Å². The van der Waals surface area contributed by atoms with Crippen LogP contribution in [0.25, 0.3) is 0 Å². The number of carbonyl (C=O) groups excluding carboxylic acids is 3. The molecule has 1 aliphatic heterocycles. The van der Waals surface area contributed by atoms with Crippen molar-refractivity contribution in [2.45, 2.75) is 19.8 Å². The van der Waals surface area contributed by atoms with E-state index in [1.165, 1.54) is 4.90 Å². The first-order valence-corrected chi connectivity index (χ1v) is 5.83. The van der Waals surface area contributed by atoms with Gasteiger partial charge in [0.15, 0.2) is 0 Å². The molecule has 0 radical (unpaired) electrons. The van der Waals surface area contributed by atoms with Crippen molar-refractivity contribution in [3.63, 3.8) is 0 Å².